The minimum absolute atomic E-state index is 0.0151. The second-order valence-corrected chi connectivity index (χ2v) is 4.53. The molecule has 0 atom stereocenters. The number of hydrogen-bond acceptors (Lipinski definition) is 5. The van der Waals surface area contributed by atoms with Crippen molar-refractivity contribution in [2.75, 3.05) is 39.5 Å². The maximum Gasteiger partial charge on any atom is 0.338 e. The predicted octanol–water partition coefficient (Wildman–Crippen LogP) is 1.10. The summed E-state index contributed by atoms with van der Waals surface area (Å²) in [4.78, 5) is 25.1. The lowest BCUT2D eigenvalue weighted by Crippen LogP contribution is -2.42. The van der Waals surface area contributed by atoms with E-state index in [4.69, 9.17) is 14.2 Å². The topological polar surface area (TPSA) is 65.1 Å². The van der Waals surface area contributed by atoms with E-state index >= 15 is 0 Å². The molecule has 0 unspecified atom stereocenters. The van der Waals surface area contributed by atoms with Crippen molar-refractivity contribution in [3.05, 3.63) is 29.8 Å². The maximum atomic E-state index is 11.9. The first-order chi connectivity index (χ1) is 10.2. The van der Waals surface area contributed by atoms with Gasteiger partial charge in [-0.3, -0.25) is 4.79 Å². The summed E-state index contributed by atoms with van der Waals surface area (Å²) in [6.07, 6.45) is 0. The number of esters is 1. The molecule has 0 aromatic heterocycles. The Morgan fingerprint density at radius 3 is 2.48 bits per heavy atom. The molecule has 0 saturated carbocycles. The summed E-state index contributed by atoms with van der Waals surface area (Å²) in [6, 6.07) is 6.54. The van der Waals surface area contributed by atoms with Crippen molar-refractivity contribution in [2.45, 2.75) is 6.92 Å². The Hall–Kier alpha value is -2.08. The third-order valence-corrected chi connectivity index (χ3v) is 3.09. The Bertz CT molecular complexity index is 479. The average molecular weight is 293 g/mol. The highest BCUT2D eigenvalue weighted by atomic mass is 16.5. The monoisotopic (exact) mass is 293 g/mol. The van der Waals surface area contributed by atoms with Crippen LogP contribution in [0, 0.1) is 0 Å². The summed E-state index contributed by atoms with van der Waals surface area (Å²) in [5.41, 5.74) is 0.462. The lowest BCUT2D eigenvalue weighted by atomic mass is 10.2. The highest BCUT2D eigenvalue weighted by Gasteiger charge is 2.17. The van der Waals surface area contributed by atoms with Gasteiger partial charge in [0.15, 0.2) is 6.61 Å². The lowest BCUT2D eigenvalue weighted by Gasteiger charge is -2.26. The molecule has 0 N–H and O–H groups in total. The molecule has 0 spiro atoms. The highest BCUT2D eigenvalue weighted by Crippen LogP contribution is 2.13. The average Bonchev–Trinajstić information content (AvgIpc) is 2.54. The van der Waals surface area contributed by atoms with Gasteiger partial charge in [0.05, 0.1) is 25.4 Å². The summed E-state index contributed by atoms with van der Waals surface area (Å²) in [5.74, 6) is 0.117. The van der Waals surface area contributed by atoms with Crippen molar-refractivity contribution in [3.63, 3.8) is 0 Å². The van der Waals surface area contributed by atoms with Gasteiger partial charge in [0.1, 0.15) is 5.75 Å². The van der Waals surface area contributed by atoms with E-state index < -0.39 is 0 Å². The van der Waals surface area contributed by atoms with Crippen LogP contribution in [0.25, 0.3) is 0 Å². The Balaban J connectivity index is 1.83. The fourth-order valence-corrected chi connectivity index (χ4v) is 1.95. The molecule has 6 nitrogen and oxygen atoms in total. The molecule has 1 aromatic carbocycles. The third-order valence-electron chi connectivity index (χ3n) is 3.09. The van der Waals surface area contributed by atoms with E-state index in [-0.39, 0.29) is 18.5 Å². The first-order valence-electron chi connectivity index (χ1n) is 6.96. The van der Waals surface area contributed by atoms with Crippen LogP contribution < -0.4 is 4.74 Å². The van der Waals surface area contributed by atoms with E-state index in [0.717, 1.165) is 0 Å². The lowest BCUT2D eigenvalue weighted by molar-refractivity contribution is -0.137. The minimum Gasteiger partial charge on any atom is -0.484 e. The molecule has 0 aliphatic carbocycles. The zero-order chi connectivity index (χ0) is 15.1. The molecule has 114 valence electrons. The molecule has 6 heteroatoms. The molecule has 1 amide bonds. The van der Waals surface area contributed by atoms with Gasteiger partial charge in [0.25, 0.3) is 5.91 Å². The molecule has 2 rings (SSSR count). The number of carbonyl (C=O) groups excluding carboxylic acids is 2. The van der Waals surface area contributed by atoms with Crippen LogP contribution in [0.2, 0.25) is 0 Å². The van der Waals surface area contributed by atoms with Gasteiger partial charge in [0, 0.05) is 13.1 Å². The van der Waals surface area contributed by atoms with E-state index in [1.54, 1.807) is 36.1 Å². The number of ether oxygens (including phenoxy) is 3. The first-order valence-corrected chi connectivity index (χ1v) is 6.96. The fraction of sp³-hybridized carbons (Fsp3) is 0.467. The smallest absolute Gasteiger partial charge is 0.338 e. The number of benzene rings is 1. The Morgan fingerprint density at radius 2 is 1.86 bits per heavy atom. The van der Waals surface area contributed by atoms with Crippen LogP contribution in [-0.4, -0.2) is 56.3 Å². The van der Waals surface area contributed by atoms with Crippen molar-refractivity contribution >= 4 is 11.9 Å². The van der Waals surface area contributed by atoms with Crippen molar-refractivity contribution in [1.82, 2.24) is 4.90 Å². The molecule has 0 bridgehead atoms. The SMILES string of the molecule is CCOC(=O)c1ccc(OCC(=O)N2CCOCC2)cc1. The Kier molecular flexibility index (Phi) is 5.57. The largest absolute Gasteiger partial charge is 0.484 e. The van der Waals surface area contributed by atoms with Crippen LogP contribution in [0.5, 0.6) is 5.75 Å². The van der Waals surface area contributed by atoms with E-state index in [9.17, 15) is 9.59 Å². The molecule has 1 heterocycles. The van der Waals surface area contributed by atoms with Crippen LogP contribution in [0.15, 0.2) is 24.3 Å². The number of carbonyl (C=O) groups is 2. The van der Waals surface area contributed by atoms with Gasteiger partial charge in [-0.1, -0.05) is 0 Å². The van der Waals surface area contributed by atoms with Crippen molar-refractivity contribution in [1.29, 1.82) is 0 Å². The van der Waals surface area contributed by atoms with Crippen molar-refractivity contribution in [2.24, 2.45) is 0 Å². The normalized spacial score (nSPS) is 14.6. The molecule has 1 saturated heterocycles. The summed E-state index contributed by atoms with van der Waals surface area (Å²) >= 11 is 0. The second kappa shape index (κ2) is 7.64. The highest BCUT2D eigenvalue weighted by molar-refractivity contribution is 5.89. The van der Waals surface area contributed by atoms with Gasteiger partial charge in [-0.15, -0.1) is 0 Å². The number of rotatable bonds is 5. The Morgan fingerprint density at radius 1 is 1.19 bits per heavy atom. The molecule has 1 aliphatic rings. The zero-order valence-electron chi connectivity index (χ0n) is 12.0. The number of morpholine rings is 1. The van der Waals surface area contributed by atoms with E-state index in [2.05, 4.69) is 0 Å². The summed E-state index contributed by atoms with van der Waals surface area (Å²) in [6.45, 7) is 4.42. The van der Waals surface area contributed by atoms with Gasteiger partial charge in [-0.05, 0) is 31.2 Å². The second-order valence-electron chi connectivity index (χ2n) is 4.53. The summed E-state index contributed by atoms with van der Waals surface area (Å²) < 4.78 is 15.5. The molecule has 0 radical (unpaired) electrons. The van der Waals surface area contributed by atoms with Crippen LogP contribution in [0.4, 0.5) is 0 Å². The predicted molar refractivity (Wildman–Crippen MR) is 75.3 cm³/mol. The van der Waals surface area contributed by atoms with Crippen LogP contribution >= 0.6 is 0 Å². The van der Waals surface area contributed by atoms with Crippen LogP contribution in [0.3, 0.4) is 0 Å². The van der Waals surface area contributed by atoms with Crippen molar-refractivity contribution in [3.8, 4) is 5.75 Å². The first kappa shape index (κ1) is 15.3. The number of nitrogens with zero attached hydrogens (tertiary/aromatic N) is 1. The fourth-order valence-electron chi connectivity index (χ4n) is 1.95. The number of hydrogen-bond donors (Lipinski definition) is 0. The summed E-state index contributed by atoms with van der Waals surface area (Å²) in [7, 11) is 0. The standard InChI is InChI=1S/C15H19NO5/c1-2-20-15(18)12-3-5-13(6-4-12)21-11-14(17)16-7-9-19-10-8-16/h3-6H,2,7-11H2,1H3. The Labute approximate surface area is 123 Å². The van der Waals surface area contributed by atoms with E-state index in [1.807, 2.05) is 0 Å². The van der Waals surface area contributed by atoms with Gasteiger partial charge in [0.2, 0.25) is 0 Å². The van der Waals surface area contributed by atoms with Crippen molar-refractivity contribution < 1.29 is 23.8 Å². The van der Waals surface area contributed by atoms with Crippen LogP contribution in [0.1, 0.15) is 17.3 Å². The quantitative estimate of drug-likeness (QED) is 0.761. The van der Waals surface area contributed by atoms with E-state index in [0.29, 0.717) is 44.2 Å². The molecule has 21 heavy (non-hydrogen) atoms. The third kappa shape index (κ3) is 4.46. The van der Waals surface area contributed by atoms with Gasteiger partial charge >= 0.3 is 5.97 Å². The molecular formula is C15H19NO5. The zero-order valence-corrected chi connectivity index (χ0v) is 12.0. The van der Waals surface area contributed by atoms with Crippen LogP contribution in [-0.2, 0) is 14.3 Å². The molecular weight excluding hydrogens is 274 g/mol. The minimum atomic E-state index is -0.367. The molecule has 1 aromatic rings. The number of amides is 1. The van der Waals surface area contributed by atoms with E-state index in [1.165, 1.54) is 0 Å². The molecule has 1 fully saturated rings. The summed E-state index contributed by atoms with van der Waals surface area (Å²) in [5, 5.41) is 0. The maximum absolute atomic E-state index is 11.9. The van der Waals surface area contributed by atoms with Gasteiger partial charge in [-0.25, -0.2) is 4.79 Å². The van der Waals surface area contributed by atoms with Gasteiger partial charge < -0.3 is 19.1 Å². The molecule has 1 aliphatic heterocycles. The van der Waals surface area contributed by atoms with Gasteiger partial charge in [-0.2, -0.15) is 0 Å².